The van der Waals surface area contributed by atoms with E-state index in [1.165, 1.54) is 0 Å². The maximum absolute atomic E-state index is 13.4. The molecule has 0 aromatic heterocycles. The fraction of sp³-hybridized carbons (Fsp3) is 0.750. The van der Waals surface area contributed by atoms with Crippen LogP contribution in [-0.2, 0) is 4.79 Å². The number of carboxylic acids is 1. The van der Waals surface area contributed by atoms with E-state index in [-0.39, 0.29) is 0 Å². The summed E-state index contributed by atoms with van der Waals surface area (Å²) in [6.45, 7) is 1.64. The molecule has 0 aliphatic rings. The van der Waals surface area contributed by atoms with Gasteiger partial charge < -0.3 is 5.11 Å². The molecule has 30 heavy (non-hydrogen) atoms. The number of hydrogen-bond acceptors (Lipinski definition) is 1. The first-order valence-corrected chi connectivity index (χ1v) is 6.63. The van der Waals surface area contributed by atoms with Crippen molar-refractivity contribution in [3.8, 4) is 0 Å². The minimum absolute atomic E-state index is 1.64. The minimum Gasteiger partial charge on any atom is -0.478 e. The highest BCUT2D eigenvalue weighted by Crippen LogP contribution is 2.61. The second-order valence-electron chi connectivity index (χ2n) is 5.57. The Morgan fingerprint density at radius 3 is 1.33 bits per heavy atom. The highest BCUT2D eigenvalue weighted by molar-refractivity contribution is 5.88. The van der Waals surface area contributed by atoms with Gasteiger partial charge in [-0.25, -0.2) is 9.18 Å². The summed E-state index contributed by atoms with van der Waals surface area (Å²) in [5.74, 6) is -50.3. The first-order valence-electron chi connectivity index (χ1n) is 6.63. The number of carbonyl (C=O) groups is 1. The first kappa shape index (κ1) is 28.1. The molecule has 1 atom stereocenters. The molecule has 0 amide bonds. The smallest absolute Gasteiger partial charge is 0.392 e. The zero-order chi connectivity index (χ0) is 24.9. The molecule has 0 saturated heterocycles. The molecule has 18 heteroatoms. The fourth-order valence-corrected chi connectivity index (χ4v) is 1.65. The molecule has 0 saturated carbocycles. The Kier molecular flexibility index (Phi) is 6.88. The van der Waals surface area contributed by atoms with Gasteiger partial charge in [0, 0.05) is 0 Å². The second kappa shape index (κ2) is 7.35. The van der Waals surface area contributed by atoms with Gasteiger partial charge in [-0.05, 0) is 0 Å². The summed E-state index contributed by atoms with van der Waals surface area (Å²) in [5.41, 5.74) is -3.27. The van der Waals surface area contributed by atoms with Crippen LogP contribution in [0.15, 0.2) is 12.2 Å². The van der Waals surface area contributed by atoms with E-state index in [0.717, 1.165) is 0 Å². The Labute approximate surface area is 154 Å². The van der Waals surface area contributed by atoms with Gasteiger partial charge in [0.1, 0.15) is 5.57 Å². The van der Waals surface area contributed by atoms with Crippen LogP contribution < -0.4 is 0 Å². The summed E-state index contributed by atoms with van der Waals surface area (Å²) in [5, 5.41) is 8.05. The van der Waals surface area contributed by atoms with Crippen molar-refractivity contribution in [3.05, 3.63) is 12.2 Å². The Bertz CT molecular complexity index is 676. The van der Waals surface area contributed by atoms with Crippen LogP contribution in [0.1, 0.15) is 6.42 Å². The van der Waals surface area contributed by atoms with Crippen LogP contribution in [0.3, 0.4) is 0 Å². The normalized spacial score (nSPS) is 16.4. The van der Waals surface area contributed by atoms with Crippen molar-refractivity contribution in [2.24, 2.45) is 0 Å². The average Bonchev–Trinajstić information content (AvgIpc) is 2.51. The van der Waals surface area contributed by atoms with Gasteiger partial charge >= 0.3 is 47.7 Å². The average molecular weight is 486 g/mol. The van der Waals surface area contributed by atoms with Crippen molar-refractivity contribution >= 4 is 5.97 Å². The molecule has 178 valence electrons. The fourth-order valence-electron chi connectivity index (χ4n) is 1.65. The zero-order valence-electron chi connectivity index (χ0n) is 13.4. The molecule has 0 aromatic rings. The van der Waals surface area contributed by atoms with E-state index in [1.54, 1.807) is 6.58 Å². The lowest BCUT2D eigenvalue weighted by molar-refractivity contribution is -0.426. The molecule has 0 heterocycles. The van der Waals surface area contributed by atoms with E-state index in [9.17, 15) is 75.0 Å². The van der Waals surface area contributed by atoms with Crippen LogP contribution in [-0.4, -0.2) is 59.0 Å². The van der Waals surface area contributed by atoms with Gasteiger partial charge in [0.15, 0.2) is 6.17 Å². The molecular weight excluding hydrogens is 480 g/mol. The standard InChI is InChI=1S/C12H6F16O2/c1-3(5(29)30)7(17,18)9(21,22)11(25,26)12(27,28)10(23,24)8(19,20)4(13)2-6(14,15)16/h4H,1-2H2,(H,29,30). The highest BCUT2D eigenvalue weighted by atomic mass is 19.4. The summed E-state index contributed by atoms with van der Waals surface area (Å²) in [4.78, 5) is 10.2. The molecule has 0 fully saturated rings. The number of rotatable bonds is 9. The Balaban J connectivity index is 6.54. The van der Waals surface area contributed by atoms with Crippen LogP contribution in [0.4, 0.5) is 70.2 Å². The summed E-state index contributed by atoms with van der Waals surface area (Å²) in [6.07, 6.45) is -15.1. The predicted octanol–water partition coefficient (Wildman–Crippen LogP) is 5.73. The lowest BCUT2D eigenvalue weighted by atomic mass is 9.87. The van der Waals surface area contributed by atoms with Gasteiger partial charge in [-0.15, -0.1) is 0 Å². The maximum atomic E-state index is 13.4. The number of halogens is 16. The largest absolute Gasteiger partial charge is 0.478 e. The van der Waals surface area contributed by atoms with Gasteiger partial charge in [-0.3, -0.25) is 0 Å². The van der Waals surface area contributed by atoms with Crippen LogP contribution in [0.2, 0.25) is 0 Å². The van der Waals surface area contributed by atoms with Gasteiger partial charge in [-0.2, -0.15) is 65.9 Å². The first-order chi connectivity index (χ1) is 12.7. The van der Waals surface area contributed by atoms with Crippen molar-refractivity contribution in [1.82, 2.24) is 0 Å². The molecular formula is C12H6F16O2. The molecule has 0 aromatic carbocycles. The lowest BCUT2D eigenvalue weighted by Crippen LogP contribution is -2.72. The summed E-state index contributed by atoms with van der Waals surface area (Å²) in [7, 11) is 0. The SMILES string of the molecule is C=C(C(=O)O)C(F)(F)C(F)(F)C(F)(F)C(F)(F)C(F)(F)C(F)(F)C(F)CC(F)(F)F. The van der Waals surface area contributed by atoms with Gasteiger partial charge in [0.25, 0.3) is 0 Å². The van der Waals surface area contributed by atoms with Crippen molar-refractivity contribution in [2.75, 3.05) is 0 Å². The molecule has 1 N–H and O–H groups in total. The number of alkyl halides is 16. The molecule has 0 aliphatic heterocycles. The maximum Gasteiger partial charge on any atom is 0.392 e. The minimum atomic E-state index is -8.34. The van der Waals surface area contributed by atoms with Crippen LogP contribution >= 0.6 is 0 Å². The topological polar surface area (TPSA) is 37.3 Å². The Hall–Kier alpha value is -1.91. The second-order valence-corrected chi connectivity index (χ2v) is 5.57. The van der Waals surface area contributed by atoms with E-state index in [4.69, 9.17) is 5.11 Å². The molecule has 0 spiro atoms. The highest BCUT2D eigenvalue weighted by Gasteiger charge is 2.91. The van der Waals surface area contributed by atoms with E-state index in [0.29, 0.717) is 0 Å². The summed E-state index contributed by atoms with van der Waals surface area (Å²) >= 11 is 0. The van der Waals surface area contributed by atoms with Crippen molar-refractivity contribution < 1.29 is 80.1 Å². The van der Waals surface area contributed by atoms with Crippen molar-refractivity contribution in [2.45, 2.75) is 54.3 Å². The van der Waals surface area contributed by atoms with Crippen LogP contribution in [0.5, 0.6) is 0 Å². The van der Waals surface area contributed by atoms with Gasteiger partial charge in [0.2, 0.25) is 0 Å². The third-order valence-electron chi connectivity index (χ3n) is 3.44. The monoisotopic (exact) mass is 486 g/mol. The zero-order valence-corrected chi connectivity index (χ0v) is 13.4. The Morgan fingerprint density at radius 2 is 1.03 bits per heavy atom. The van der Waals surface area contributed by atoms with E-state index in [2.05, 4.69) is 0 Å². The van der Waals surface area contributed by atoms with Crippen molar-refractivity contribution in [1.29, 1.82) is 0 Å². The number of hydrogen-bond donors (Lipinski definition) is 1. The van der Waals surface area contributed by atoms with Crippen LogP contribution in [0, 0.1) is 0 Å². The molecule has 1 unspecified atom stereocenters. The molecule has 0 bridgehead atoms. The van der Waals surface area contributed by atoms with E-state index >= 15 is 0 Å². The lowest BCUT2D eigenvalue weighted by Gasteiger charge is -2.41. The van der Waals surface area contributed by atoms with E-state index in [1.807, 2.05) is 0 Å². The quantitative estimate of drug-likeness (QED) is 0.334. The Morgan fingerprint density at radius 1 is 0.700 bits per heavy atom. The number of aliphatic carboxylic acids is 1. The summed E-state index contributed by atoms with van der Waals surface area (Å²) < 4.78 is 208. The van der Waals surface area contributed by atoms with Crippen molar-refractivity contribution in [3.63, 3.8) is 0 Å². The third kappa shape index (κ3) is 4.00. The molecule has 0 radical (unpaired) electrons. The molecule has 0 aliphatic carbocycles. The third-order valence-corrected chi connectivity index (χ3v) is 3.44. The van der Waals surface area contributed by atoms with Gasteiger partial charge in [0.05, 0.1) is 6.42 Å². The molecule has 2 nitrogen and oxygen atoms in total. The predicted molar refractivity (Wildman–Crippen MR) is 62.0 cm³/mol. The summed E-state index contributed by atoms with van der Waals surface area (Å²) in [6, 6.07) is 0. The van der Waals surface area contributed by atoms with Gasteiger partial charge in [-0.1, -0.05) is 6.58 Å². The molecule has 0 rings (SSSR count). The van der Waals surface area contributed by atoms with Crippen LogP contribution in [0.25, 0.3) is 0 Å². The number of carboxylic acid groups (broad SMARTS) is 1. The van der Waals surface area contributed by atoms with E-state index < -0.39 is 65.8 Å².